The summed E-state index contributed by atoms with van der Waals surface area (Å²) in [5.41, 5.74) is 0.272. The molecule has 0 saturated heterocycles. The third-order valence-electron chi connectivity index (χ3n) is 3.56. The Morgan fingerprint density at radius 2 is 1.76 bits per heavy atom. The van der Waals surface area contributed by atoms with E-state index in [1.807, 2.05) is 0 Å². The Morgan fingerprint density at radius 1 is 1.04 bits per heavy atom. The lowest BCUT2D eigenvalue weighted by Crippen LogP contribution is -2.40. The van der Waals surface area contributed by atoms with E-state index in [0.29, 0.717) is 11.6 Å². The number of carbonyl (C=O) groups excluding carboxylic acids is 2. The van der Waals surface area contributed by atoms with Gasteiger partial charge in [0.1, 0.15) is 24.0 Å². The van der Waals surface area contributed by atoms with E-state index in [1.54, 1.807) is 18.2 Å². The van der Waals surface area contributed by atoms with Crippen LogP contribution in [-0.4, -0.2) is 24.9 Å². The van der Waals surface area contributed by atoms with E-state index < -0.39 is 30.0 Å². The van der Waals surface area contributed by atoms with Gasteiger partial charge in [-0.2, -0.15) is 0 Å². The SMILES string of the molecule is CC(=O)N(CC(=O)NCCc1ccccc1F)c1ccc(F)cc1F. The summed E-state index contributed by atoms with van der Waals surface area (Å²) < 4.78 is 40.3. The van der Waals surface area contributed by atoms with Crippen LogP contribution < -0.4 is 10.2 Å². The molecule has 0 bridgehead atoms. The van der Waals surface area contributed by atoms with Gasteiger partial charge in [0.15, 0.2) is 0 Å². The summed E-state index contributed by atoms with van der Waals surface area (Å²) in [5.74, 6) is -3.17. The van der Waals surface area contributed by atoms with Gasteiger partial charge in [-0.25, -0.2) is 13.2 Å². The van der Waals surface area contributed by atoms with Crippen molar-refractivity contribution in [3.05, 3.63) is 65.5 Å². The minimum atomic E-state index is -0.936. The number of hydrogen-bond donors (Lipinski definition) is 1. The van der Waals surface area contributed by atoms with Gasteiger partial charge in [0.05, 0.1) is 5.69 Å². The largest absolute Gasteiger partial charge is 0.354 e. The van der Waals surface area contributed by atoms with Gasteiger partial charge in [0, 0.05) is 19.5 Å². The molecule has 0 spiro atoms. The fourth-order valence-electron chi connectivity index (χ4n) is 2.30. The van der Waals surface area contributed by atoms with Crippen molar-refractivity contribution in [3.63, 3.8) is 0 Å². The van der Waals surface area contributed by atoms with Crippen molar-refractivity contribution >= 4 is 17.5 Å². The van der Waals surface area contributed by atoms with Gasteiger partial charge >= 0.3 is 0 Å². The molecule has 2 aromatic rings. The normalized spacial score (nSPS) is 10.4. The fraction of sp³-hybridized carbons (Fsp3) is 0.222. The van der Waals surface area contributed by atoms with Crippen molar-refractivity contribution in [2.75, 3.05) is 18.0 Å². The number of nitrogens with zero attached hydrogens (tertiary/aromatic N) is 1. The molecule has 0 unspecified atom stereocenters. The summed E-state index contributed by atoms with van der Waals surface area (Å²) in [6, 6.07) is 8.93. The predicted octanol–water partition coefficient (Wildman–Crippen LogP) is 2.82. The van der Waals surface area contributed by atoms with Crippen molar-refractivity contribution in [3.8, 4) is 0 Å². The number of benzene rings is 2. The summed E-state index contributed by atoms with van der Waals surface area (Å²) in [4.78, 5) is 24.6. The molecule has 0 aromatic heterocycles. The molecular formula is C18H17F3N2O2. The number of amides is 2. The summed E-state index contributed by atoms with van der Waals surface area (Å²) in [6.45, 7) is 0.919. The minimum Gasteiger partial charge on any atom is -0.354 e. The average Bonchev–Trinajstić information content (AvgIpc) is 2.55. The lowest BCUT2D eigenvalue weighted by atomic mass is 10.1. The Kier molecular flexibility index (Phi) is 6.16. The van der Waals surface area contributed by atoms with Crippen molar-refractivity contribution in [1.29, 1.82) is 0 Å². The van der Waals surface area contributed by atoms with Crippen LogP contribution in [0.25, 0.3) is 0 Å². The van der Waals surface area contributed by atoms with Gasteiger partial charge < -0.3 is 10.2 Å². The third kappa shape index (κ3) is 5.07. The van der Waals surface area contributed by atoms with E-state index in [4.69, 9.17) is 0 Å². The maximum absolute atomic E-state index is 13.8. The predicted molar refractivity (Wildman–Crippen MR) is 87.5 cm³/mol. The maximum Gasteiger partial charge on any atom is 0.240 e. The lowest BCUT2D eigenvalue weighted by molar-refractivity contribution is -0.123. The molecule has 7 heteroatoms. The zero-order chi connectivity index (χ0) is 18.4. The van der Waals surface area contributed by atoms with Crippen LogP contribution in [0.5, 0.6) is 0 Å². The van der Waals surface area contributed by atoms with Gasteiger partial charge in [0.2, 0.25) is 11.8 Å². The van der Waals surface area contributed by atoms with Crippen LogP contribution in [0.1, 0.15) is 12.5 Å². The van der Waals surface area contributed by atoms with E-state index in [1.165, 1.54) is 13.0 Å². The van der Waals surface area contributed by atoms with E-state index >= 15 is 0 Å². The quantitative estimate of drug-likeness (QED) is 0.871. The molecule has 25 heavy (non-hydrogen) atoms. The number of anilines is 1. The molecule has 0 aliphatic heterocycles. The van der Waals surface area contributed by atoms with Gasteiger partial charge in [-0.15, -0.1) is 0 Å². The summed E-state index contributed by atoms with van der Waals surface area (Å²) >= 11 is 0. The molecule has 0 radical (unpaired) electrons. The monoisotopic (exact) mass is 350 g/mol. The smallest absolute Gasteiger partial charge is 0.240 e. The van der Waals surface area contributed by atoms with Crippen LogP contribution in [0.15, 0.2) is 42.5 Å². The number of halogens is 3. The minimum absolute atomic E-state index is 0.164. The Labute approximate surface area is 143 Å². The van der Waals surface area contributed by atoms with Crippen LogP contribution in [-0.2, 0) is 16.0 Å². The molecule has 0 heterocycles. The molecular weight excluding hydrogens is 333 g/mol. The van der Waals surface area contributed by atoms with Crippen LogP contribution in [0, 0.1) is 17.5 Å². The van der Waals surface area contributed by atoms with Crippen LogP contribution in [0.2, 0.25) is 0 Å². The lowest BCUT2D eigenvalue weighted by Gasteiger charge is -2.21. The zero-order valence-electron chi connectivity index (χ0n) is 13.6. The standard InChI is InChI=1S/C18H17F3N2O2/c1-12(24)23(17-7-6-14(19)10-16(17)21)11-18(25)22-9-8-13-4-2-3-5-15(13)20/h2-7,10H,8-9,11H2,1H3,(H,22,25). The van der Waals surface area contributed by atoms with Gasteiger partial charge in [0.25, 0.3) is 0 Å². The van der Waals surface area contributed by atoms with Crippen LogP contribution >= 0.6 is 0 Å². The number of carbonyl (C=O) groups is 2. The highest BCUT2D eigenvalue weighted by atomic mass is 19.1. The molecule has 0 saturated carbocycles. The average molecular weight is 350 g/mol. The summed E-state index contributed by atoms with van der Waals surface area (Å²) in [5, 5.41) is 2.55. The highest BCUT2D eigenvalue weighted by molar-refractivity contribution is 5.97. The Morgan fingerprint density at radius 3 is 2.40 bits per heavy atom. The molecule has 0 atom stereocenters. The first-order chi connectivity index (χ1) is 11.9. The zero-order valence-corrected chi connectivity index (χ0v) is 13.6. The van der Waals surface area contributed by atoms with E-state index in [9.17, 15) is 22.8 Å². The van der Waals surface area contributed by atoms with E-state index in [-0.39, 0.29) is 24.5 Å². The first-order valence-electron chi connectivity index (χ1n) is 7.61. The first-order valence-corrected chi connectivity index (χ1v) is 7.61. The third-order valence-corrected chi connectivity index (χ3v) is 3.56. The Hall–Kier alpha value is -2.83. The molecule has 2 amide bonds. The van der Waals surface area contributed by atoms with Gasteiger partial charge in [-0.1, -0.05) is 18.2 Å². The molecule has 0 aliphatic carbocycles. The molecule has 2 rings (SSSR count). The van der Waals surface area contributed by atoms with Gasteiger partial charge in [-0.3, -0.25) is 9.59 Å². The van der Waals surface area contributed by atoms with Crippen molar-refractivity contribution in [2.45, 2.75) is 13.3 Å². The van der Waals surface area contributed by atoms with Crippen LogP contribution in [0.3, 0.4) is 0 Å². The topological polar surface area (TPSA) is 49.4 Å². The summed E-state index contributed by atoms with van der Waals surface area (Å²) in [7, 11) is 0. The Balaban J connectivity index is 1.96. The molecule has 0 aliphatic rings. The van der Waals surface area contributed by atoms with E-state index in [2.05, 4.69) is 5.32 Å². The molecule has 1 N–H and O–H groups in total. The first kappa shape index (κ1) is 18.5. The molecule has 0 fully saturated rings. The summed E-state index contributed by atoms with van der Waals surface area (Å²) in [6.07, 6.45) is 0.281. The van der Waals surface area contributed by atoms with Gasteiger partial charge in [-0.05, 0) is 30.2 Å². The highest BCUT2D eigenvalue weighted by Crippen LogP contribution is 2.20. The molecule has 4 nitrogen and oxygen atoms in total. The van der Waals surface area contributed by atoms with Crippen molar-refractivity contribution < 1.29 is 22.8 Å². The number of rotatable bonds is 6. The second kappa shape index (κ2) is 8.32. The molecule has 132 valence electrons. The number of hydrogen-bond acceptors (Lipinski definition) is 2. The maximum atomic E-state index is 13.8. The van der Waals surface area contributed by atoms with Crippen molar-refractivity contribution in [1.82, 2.24) is 5.32 Å². The highest BCUT2D eigenvalue weighted by Gasteiger charge is 2.19. The second-order valence-corrected chi connectivity index (χ2v) is 5.39. The fourth-order valence-corrected chi connectivity index (χ4v) is 2.30. The number of nitrogens with one attached hydrogen (secondary N) is 1. The van der Waals surface area contributed by atoms with Crippen LogP contribution in [0.4, 0.5) is 18.9 Å². The second-order valence-electron chi connectivity index (χ2n) is 5.39. The Bertz CT molecular complexity index is 781. The van der Waals surface area contributed by atoms with Crippen molar-refractivity contribution in [2.24, 2.45) is 0 Å². The molecule has 2 aromatic carbocycles. The van der Waals surface area contributed by atoms with E-state index in [0.717, 1.165) is 17.0 Å².